The fourth-order valence-corrected chi connectivity index (χ4v) is 3.28. The van der Waals surface area contributed by atoms with Gasteiger partial charge in [-0.2, -0.15) is 0 Å². The van der Waals surface area contributed by atoms with Gasteiger partial charge in [0.1, 0.15) is 0 Å². The zero-order valence-electron chi connectivity index (χ0n) is 13.7. The number of ether oxygens (including phenoxy) is 1. The van der Waals surface area contributed by atoms with Crippen molar-refractivity contribution in [3.63, 3.8) is 0 Å². The SMILES string of the molecule is CC1(C)COB(c2ccc(-c3ccccc3)c3c2COC3)OC1. The molecule has 4 rings (SSSR count). The molecule has 0 saturated carbocycles. The molecule has 2 aliphatic rings. The molecule has 2 aliphatic heterocycles. The van der Waals surface area contributed by atoms with Crippen LogP contribution in [0, 0.1) is 5.41 Å². The van der Waals surface area contributed by atoms with Gasteiger partial charge in [0.05, 0.1) is 13.2 Å². The number of hydrogen-bond acceptors (Lipinski definition) is 3. The zero-order chi connectivity index (χ0) is 15.9. The predicted molar refractivity (Wildman–Crippen MR) is 91.4 cm³/mol. The largest absolute Gasteiger partial charge is 0.494 e. The maximum Gasteiger partial charge on any atom is 0.494 e. The number of benzene rings is 2. The minimum atomic E-state index is -0.275. The lowest BCUT2D eigenvalue weighted by molar-refractivity contribution is 0.0341. The molecule has 1 saturated heterocycles. The lowest BCUT2D eigenvalue weighted by Gasteiger charge is -2.33. The van der Waals surface area contributed by atoms with Crippen LogP contribution >= 0.6 is 0 Å². The highest BCUT2D eigenvalue weighted by molar-refractivity contribution is 6.62. The van der Waals surface area contributed by atoms with E-state index in [0.29, 0.717) is 26.4 Å². The lowest BCUT2D eigenvalue weighted by Crippen LogP contribution is -2.48. The van der Waals surface area contributed by atoms with Crippen molar-refractivity contribution in [3.05, 3.63) is 53.6 Å². The van der Waals surface area contributed by atoms with Crippen LogP contribution in [-0.4, -0.2) is 20.3 Å². The fraction of sp³-hybridized carbons (Fsp3) is 0.368. The fourth-order valence-electron chi connectivity index (χ4n) is 3.28. The third kappa shape index (κ3) is 2.83. The van der Waals surface area contributed by atoms with E-state index in [0.717, 1.165) is 5.46 Å². The van der Waals surface area contributed by atoms with Gasteiger partial charge in [-0.05, 0) is 27.7 Å². The molecule has 3 nitrogen and oxygen atoms in total. The van der Waals surface area contributed by atoms with Crippen LogP contribution in [-0.2, 0) is 27.3 Å². The number of fused-ring (bicyclic) bond motifs is 1. The van der Waals surface area contributed by atoms with Crippen LogP contribution in [0.15, 0.2) is 42.5 Å². The van der Waals surface area contributed by atoms with Crippen molar-refractivity contribution < 1.29 is 14.0 Å². The van der Waals surface area contributed by atoms with Gasteiger partial charge in [0.2, 0.25) is 0 Å². The molecule has 23 heavy (non-hydrogen) atoms. The normalized spacial score (nSPS) is 19.7. The molecule has 118 valence electrons. The van der Waals surface area contributed by atoms with Crippen molar-refractivity contribution in [1.82, 2.24) is 0 Å². The van der Waals surface area contributed by atoms with Gasteiger partial charge < -0.3 is 14.0 Å². The van der Waals surface area contributed by atoms with Crippen LogP contribution in [0.4, 0.5) is 0 Å². The smallest absolute Gasteiger partial charge is 0.407 e. The minimum absolute atomic E-state index is 0.0835. The van der Waals surface area contributed by atoms with Crippen LogP contribution in [0.1, 0.15) is 25.0 Å². The molecular weight excluding hydrogens is 287 g/mol. The van der Waals surface area contributed by atoms with Crippen molar-refractivity contribution in [2.45, 2.75) is 27.1 Å². The zero-order valence-corrected chi connectivity index (χ0v) is 13.7. The van der Waals surface area contributed by atoms with E-state index in [-0.39, 0.29) is 12.5 Å². The Hall–Kier alpha value is -1.62. The van der Waals surface area contributed by atoms with Gasteiger partial charge in [-0.1, -0.05) is 56.3 Å². The Morgan fingerprint density at radius 1 is 0.870 bits per heavy atom. The summed E-state index contributed by atoms with van der Waals surface area (Å²) in [5.74, 6) is 0. The Labute approximate surface area is 137 Å². The third-order valence-electron chi connectivity index (χ3n) is 4.55. The molecule has 2 heterocycles. The summed E-state index contributed by atoms with van der Waals surface area (Å²) in [7, 11) is -0.275. The van der Waals surface area contributed by atoms with E-state index in [1.807, 2.05) is 6.07 Å². The lowest BCUT2D eigenvalue weighted by atomic mass is 9.72. The van der Waals surface area contributed by atoms with Crippen molar-refractivity contribution in [2.24, 2.45) is 5.41 Å². The van der Waals surface area contributed by atoms with Crippen molar-refractivity contribution in [3.8, 4) is 11.1 Å². The second-order valence-electron chi connectivity index (χ2n) is 7.14. The molecule has 0 aromatic heterocycles. The molecule has 2 aromatic carbocycles. The molecule has 0 spiro atoms. The van der Waals surface area contributed by atoms with E-state index in [4.69, 9.17) is 14.0 Å². The minimum Gasteiger partial charge on any atom is -0.407 e. The first-order chi connectivity index (χ1) is 11.1. The molecule has 4 heteroatoms. The summed E-state index contributed by atoms with van der Waals surface area (Å²) in [5, 5.41) is 0. The standard InChI is InChI=1S/C19H21BO3/c1-19(2)12-22-20(23-13-19)18-9-8-15(14-6-4-3-5-7-14)16-10-21-11-17(16)18/h3-9H,10-13H2,1-2H3. The van der Waals surface area contributed by atoms with Gasteiger partial charge in [0.15, 0.2) is 0 Å². The monoisotopic (exact) mass is 308 g/mol. The van der Waals surface area contributed by atoms with Gasteiger partial charge in [0, 0.05) is 18.6 Å². The maximum atomic E-state index is 5.97. The second-order valence-corrected chi connectivity index (χ2v) is 7.14. The van der Waals surface area contributed by atoms with E-state index >= 15 is 0 Å². The highest BCUT2D eigenvalue weighted by atomic mass is 16.6. The topological polar surface area (TPSA) is 27.7 Å². The van der Waals surface area contributed by atoms with Crippen molar-refractivity contribution in [2.75, 3.05) is 13.2 Å². The Morgan fingerprint density at radius 2 is 1.57 bits per heavy atom. The molecule has 0 aliphatic carbocycles. The van der Waals surface area contributed by atoms with E-state index < -0.39 is 0 Å². The van der Waals surface area contributed by atoms with Gasteiger partial charge >= 0.3 is 7.12 Å². The Kier molecular flexibility index (Phi) is 3.76. The van der Waals surface area contributed by atoms with Crippen molar-refractivity contribution in [1.29, 1.82) is 0 Å². The quantitative estimate of drug-likeness (QED) is 0.798. The van der Waals surface area contributed by atoms with Crippen molar-refractivity contribution >= 4 is 12.6 Å². The molecule has 0 radical (unpaired) electrons. The summed E-state index contributed by atoms with van der Waals surface area (Å²) in [6.45, 7) is 7.05. The molecule has 0 N–H and O–H groups in total. The average molecular weight is 308 g/mol. The van der Waals surface area contributed by atoms with Crippen LogP contribution < -0.4 is 5.46 Å². The maximum absolute atomic E-state index is 5.97. The summed E-state index contributed by atoms with van der Waals surface area (Å²) in [6, 6.07) is 14.8. The highest BCUT2D eigenvalue weighted by Gasteiger charge is 2.36. The molecular formula is C19H21BO3. The van der Waals surface area contributed by atoms with Gasteiger partial charge in [-0.3, -0.25) is 0 Å². The third-order valence-corrected chi connectivity index (χ3v) is 4.55. The summed E-state index contributed by atoms with van der Waals surface area (Å²) in [6.07, 6.45) is 0. The first-order valence-corrected chi connectivity index (χ1v) is 8.15. The Morgan fingerprint density at radius 3 is 2.30 bits per heavy atom. The predicted octanol–water partition coefficient (Wildman–Crippen LogP) is 3.15. The Balaban J connectivity index is 1.70. The second kappa shape index (κ2) is 5.79. The summed E-state index contributed by atoms with van der Waals surface area (Å²) in [4.78, 5) is 0. The van der Waals surface area contributed by atoms with E-state index in [2.05, 4.69) is 50.2 Å². The van der Waals surface area contributed by atoms with Crippen LogP contribution in [0.5, 0.6) is 0 Å². The molecule has 0 unspecified atom stereocenters. The van der Waals surface area contributed by atoms with E-state index in [9.17, 15) is 0 Å². The summed E-state index contributed by atoms with van der Waals surface area (Å²) in [5.41, 5.74) is 6.18. The first-order valence-electron chi connectivity index (χ1n) is 8.15. The average Bonchev–Trinajstić information content (AvgIpc) is 3.05. The van der Waals surface area contributed by atoms with E-state index in [1.54, 1.807) is 0 Å². The molecule has 1 fully saturated rings. The number of hydrogen-bond donors (Lipinski definition) is 0. The van der Waals surface area contributed by atoms with Gasteiger partial charge in [0.25, 0.3) is 0 Å². The summed E-state index contributed by atoms with van der Waals surface area (Å²) < 4.78 is 17.7. The summed E-state index contributed by atoms with van der Waals surface area (Å²) >= 11 is 0. The van der Waals surface area contributed by atoms with Crippen LogP contribution in [0.25, 0.3) is 11.1 Å². The molecule has 0 atom stereocenters. The molecule has 0 bridgehead atoms. The van der Waals surface area contributed by atoms with Gasteiger partial charge in [-0.15, -0.1) is 0 Å². The molecule has 2 aromatic rings. The first kappa shape index (κ1) is 14.9. The van der Waals surface area contributed by atoms with E-state index in [1.165, 1.54) is 22.3 Å². The van der Waals surface area contributed by atoms with Crippen LogP contribution in [0.2, 0.25) is 0 Å². The van der Waals surface area contributed by atoms with Crippen LogP contribution in [0.3, 0.4) is 0 Å². The molecule has 0 amide bonds. The Bertz CT molecular complexity index is 702. The van der Waals surface area contributed by atoms with Gasteiger partial charge in [-0.25, -0.2) is 0 Å². The highest BCUT2D eigenvalue weighted by Crippen LogP contribution is 2.31. The number of rotatable bonds is 2.